The van der Waals surface area contributed by atoms with E-state index in [4.69, 9.17) is 0 Å². The first-order valence-electron chi connectivity index (χ1n) is 10.1. The Kier molecular flexibility index (Phi) is 6.16. The molecule has 0 bridgehead atoms. The second-order valence-electron chi connectivity index (χ2n) is 7.78. The van der Waals surface area contributed by atoms with Crippen LogP contribution in [-0.4, -0.2) is 37.0 Å². The molecule has 8 nitrogen and oxygen atoms in total. The van der Waals surface area contributed by atoms with Gasteiger partial charge in [-0.25, -0.2) is 9.67 Å². The maximum Gasteiger partial charge on any atom is 0.435 e. The number of pyridine rings is 1. The third-order valence-corrected chi connectivity index (χ3v) is 6.74. The van der Waals surface area contributed by atoms with Crippen LogP contribution in [0, 0.1) is 13.8 Å². The van der Waals surface area contributed by atoms with Crippen molar-refractivity contribution in [2.45, 2.75) is 39.9 Å². The highest BCUT2D eigenvalue weighted by Crippen LogP contribution is 2.39. The van der Waals surface area contributed by atoms with E-state index < -0.39 is 23.7 Å². The van der Waals surface area contributed by atoms with Crippen molar-refractivity contribution in [1.29, 1.82) is 0 Å². The average molecular weight is 509 g/mol. The normalized spacial score (nSPS) is 11.9. The molecular formula is C21H19F3N6O2S2. The standard InChI is InChI=1S/C21H19F3N6O2S2/c1-9(2)26-19(32)16-15(14-11(4)34-29-20(14)33-16)27-18(31)12-8-13(21(22,23)24)28-30(12)17-10(3)6-5-7-25-17/h5-9H,1-4H3,(H,26,32)(H,27,31). The van der Waals surface area contributed by atoms with Gasteiger partial charge in [-0.15, -0.1) is 11.3 Å². The maximum atomic E-state index is 13.5. The summed E-state index contributed by atoms with van der Waals surface area (Å²) in [6.45, 7) is 7.02. The zero-order valence-electron chi connectivity index (χ0n) is 18.4. The summed E-state index contributed by atoms with van der Waals surface area (Å²) in [6, 6.07) is 3.78. The molecule has 0 fully saturated rings. The number of nitrogens with one attached hydrogen (secondary N) is 2. The first-order valence-corrected chi connectivity index (χ1v) is 11.7. The molecule has 4 aromatic rings. The molecule has 2 amide bonds. The fourth-order valence-corrected chi connectivity index (χ4v) is 5.18. The molecule has 4 aromatic heterocycles. The molecule has 0 saturated heterocycles. The minimum atomic E-state index is -4.77. The monoisotopic (exact) mass is 508 g/mol. The van der Waals surface area contributed by atoms with E-state index in [1.807, 2.05) is 0 Å². The Bertz CT molecular complexity index is 1400. The molecule has 0 radical (unpaired) electrons. The van der Waals surface area contributed by atoms with Crippen molar-refractivity contribution >= 4 is 50.6 Å². The lowest BCUT2D eigenvalue weighted by Gasteiger charge is -2.12. The Morgan fingerprint density at radius 1 is 1.18 bits per heavy atom. The number of anilines is 1. The molecule has 2 N–H and O–H groups in total. The van der Waals surface area contributed by atoms with Gasteiger partial charge in [0.25, 0.3) is 11.8 Å². The minimum absolute atomic E-state index is 0.0878. The van der Waals surface area contributed by atoms with Gasteiger partial charge in [0.15, 0.2) is 11.5 Å². The van der Waals surface area contributed by atoms with Gasteiger partial charge in [-0.1, -0.05) is 6.07 Å². The molecule has 13 heteroatoms. The number of aromatic nitrogens is 4. The number of aryl methyl sites for hydroxylation is 2. The summed E-state index contributed by atoms with van der Waals surface area (Å²) in [6.07, 6.45) is -3.37. The molecule has 34 heavy (non-hydrogen) atoms. The van der Waals surface area contributed by atoms with Crippen molar-refractivity contribution in [3.8, 4) is 5.82 Å². The van der Waals surface area contributed by atoms with Gasteiger partial charge in [0.05, 0.1) is 11.1 Å². The zero-order chi connectivity index (χ0) is 24.8. The quantitative estimate of drug-likeness (QED) is 0.397. The second-order valence-corrected chi connectivity index (χ2v) is 9.75. The van der Waals surface area contributed by atoms with Crippen molar-refractivity contribution in [1.82, 2.24) is 24.5 Å². The van der Waals surface area contributed by atoms with Gasteiger partial charge in [-0.3, -0.25) is 9.59 Å². The highest BCUT2D eigenvalue weighted by Gasteiger charge is 2.37. The average Bonchev–Trinajstić information content (AvgIpc) is 3.43. The van der Waals surface area contributed by atoms with Crippen molar-refractivity contribution in [2.24, 2.45) is 0 Å². The lowest BCUT2D eigenvalue weighted by atomic mass is 10.2. The molecule has 0 aliphatic carbocycles. The van der Waals surface area contributed by atoms with Crippen LogP contribution < -0.4 is 10.6 Å². The van der Waals surface area contributed by atoms with Crippen LogP contribution in [0.1, 0.15) is 50.1 Å². The number of fused-ring (bicyclic) bond motifs is 1. The molecule has 0 aliphatic rings. The molecular weight excluding hydrogens is 489 g/mol. The van der Waals surface area contributed by atoms with E-state index in [9.17, 15) is 22.8 Å². The Labute approximate surface area is 200 Å². The Morgan fingerprint density at radius 3 is 2.56 bits per heavy atom. The summed E-state index contributed by atoms with van der Waals surface area (Å²) in [5.74, 6) is -1.19. The van der Waals surface area contributed by atoms with Gasteiger partial charge in [0.1, 0.15) is 15.4 Å². The van der Waals surface area contributed by atoms with Crippen LogP contribution in [0.5, 0.6) is 0 Å². The van der Waals surface area contributed by atoms with Crippen LogP contribution in [0.25, 0.3) is 16.0 Å². The van der Waals surface area contributed by atoms with Gasteiger partial charge in [0, 0.05) is 23.2 Å². The van der Waals surface area contributed by atoms with E-state index >= 15 is 0 Å². The molecule has 4 rings (SSSR count). The summed E-state index contributed by atoms with van der Waals surface area (Å²) < 4.78 is 45.6. The first kappa shape index (κ1) is 23.8. The number of amides is 2. The Hall–Kier alpha value is -3.32. The number of rotatable bonds is 5. The predicted molar refractivity (Wildman–Crippen MR) is 124 cm³/mol. The van der Waals surface area contributed by atoms with Crippen molar-refractivity contribution < 1.29 is 22.8 Å². The number of carbonyl (C=O) groups excluding carboxylic acids is 2. The molecule has 0 spiro atoms. The van der Waals surface area contributed by atoms with E-state index in [1.54, 1.807) is 39.8 Å². The molecule has 0 aromatic carbocycles. The minimum Gasteiger partial charge on any atom is -0.349 e. The highest BCUT2D eigenvalue weighted by atomic mass is 32.1. The fraction of sp³-hybridized carbons (Fsp3) is 0.286. The summed E-state index contributed by atoms with van der Waals surface area (Å²) in [5.41, 5.74) is -0.872. The summed E-state index contributed by atoms with van der Waals surface area (Å²) in [4.78, 5) is 31.7. The maximum absolute atomic E-state index is 13.5. The van der Waals surface area contributed by atoms with E-state index in [1.165, 1.54) is 17.7 Å². The third-order valence-electron chi connectivity index (χ3n) is 4.79. The van der Waals surface area contributed by atoms with Crippen LogP contribution >= 0.6 is 22.9 Å². The van der Waals surface area contributed by atoms with Gasteiger partial charge < -0.3 is 10.6 Å². The predicted octanol–water partition coefficient (Wildman–Crippen LogP) is 4.96. The number of thiophene rings is 1. The number of halogens is 3. The number of hydrogen-bond donors (Lipinski definition) is 2. The summed E-state index contributed by atoms with van der Waals surface area (Å²) >= 11 is 2.31. The second kappa shape index (κ2) is 8.80. The van der Waals surface area contributed by atoms with Crippen LogP contribution in [0.15, 0.2) is 24.4 Å². The fourth-order valence-electron chi connectivity index (χ4n) is 3.29. The zero-order valence-corrected chi connectivity index (χ0v) is 20.1. The highest BCUT2D eigenvalue weighted by molar-refractivity contribution is 7.23. The number of alkyl halides is 3. The van der Waals surface area contributed by atoms with Gasteiger partial charge in [0.2, 0.25) is 0 Å². The van der Waals surface area contributed by atoms with Crippen LogP contribution in [0.4, 0.5) is 18.9 Å². The van der Waals surface area contributed by atoms with Crippen LogP contribution in [0.2, 0.25) is 0 Å². The van der Waals surface area contributed by atoms with E-state index in [-0.39, 0.29) is 28.1 Å². The summed E-state index contributed by atoms with van der Waals surface area (Å²) in [5, 5.41) is 9.61. The molecule has 0 atom stereocenters. The summed E-state index contributed by atoms with van der Waals surface area (Å²) in [7, 11) is 0. The van der Waals surface area contributed by atoms with E-state index in [0.29, 0.717) is 21.8 Å². The van der Waals surface area contributed by atoms with Gasteiger partial charge in [-0.2, -0.15) is 22.6 Å². The van der Waals surface area contributed by atoms with E-state index in [0.717, 1.165) is 20.9 Å². The van der Waals surface area contributed by atoms with Crippen molar-refractivity contribution in [3.63, 3.8) is 0 Å². The van der Waals surface area contributed by atoms with Gasteiger partial charge >= 0.3 is 6.18 Å². The Balaban J connectivity index is 1.82. The number of hydrogen-bond acceptors (Lipinski definition) is 7. The largest absolute Gasteiger partial charge is 0.435 e. The van der Waals surface area contributed by atoms with Gasteiger partial charge in [-0.05, 0) is 50.9 Å². The van der Waals surface area contributed by atoms with Crippen molar-refractivity contribution in [3.05, 3.63) is 51.1 Å². The topological polar surface area (TPSA) is 102 Å². The van der Waals surface area contributed by atoms with Crippen LogP contribution in [-0.2, 0) is 6.18 Å². The van der Waals surface area contributed by atoms with Crippen LogP contribution in [0.3, 0.4) is 0 Å². The molecule has 0 unspecified atom stereocenters. The SMILES string of the molecule is Cc1cccnc1-n1nc(C(F)(F)F)cc1C(=O)Nc1c(C(=O)NC(C)C)sc2nsc(C)c12. The number of nitrogens with zero attached hydrogens (tertiary/aromatic N) is 4. The molecule has 0 aliphatic heterocycles. The lowest BCUT2D eigenvalue weighted by molar-refractivity contribution is -0.141. The molecule has 178 valence electrons. The lowest BCUT2D eigenvalue weighted by Crippen LogP contribution is -2.30. The number of carbonyl (C=O) groups is 2. The molecule has 0 saturated carbocycles. The third kappa shape index (κ3) is 4.40. The van der Waals surface area contributed by atoms with E-state index in [2.05, 4.69) is 25.1 Å². The molecule has 4 heterocycles. The first-order chi connectivity index (χ1) is 16.0. The smallest absolute Gasteiger partial charge is 0.349 e. The van der Waals surface area contributed by atoms with Crippen molar-refractivity contribution in [2.75, 3.05) is 5.32 Å². The Morgan fingerprint density at radius 2 is 1.91 bits per heavy atom.